The molecule has 2 heterocycles. The highest BCUT2D eigenvalue weighted by molar-refractivity contribution is 7.91. The number of aliphatic carboxylic acids is 1. The van der Waals surface area contributed by atoms with Crippen molar-refractivity contribution in [1.82, 2.24) is 13.9 Å². The first-order valence-electron chi connectivity index (χ1n) is 10.3. The Morgan fingerprint density at radius 3 is 2.51 bits per heavy atom. The van der Waals surface area contributed by atoms with E-state index in [0.717, 1.165) is 9.54 Å². The van der Waals surface area contributed by atoms with E-state index in [1.807, 2.05) is 6.92 Å². The van der Waals surface area contributed by atoms with Gasteiger partial charge in [0.1, 0.15) is 11.5 Å². The Hall–Kier alpha value is -3.77. The van der Waals surface area contributed by atoms with Gasteiger partial charge in [-0.3, -0.25) is 9.19 Å². The lowest BCUT2D eigenvalue weighted by atomic mass is 10.2. The second-order valence-electron chi connectivity index (χ2n) is 7.40. The number of imidazole rings is 1. The van der Waals surface area contributed by atoms with Gasteiger partial charge in [-0.1, -0.05) is 12.1 Å². The van der Waals surface area contributed by atoms with E-state index < -0.39 is 33.4 Å². The van der Waals surface area contributed by atoms with E-state index in [0.29, 0.717) is 17.0 Å². The van der Waals surface area contributed by atoms with Crippen LogP contribution in [0.5, 0.6) is 11.5 Å². The summed E-state index contributed by atoms with van der Waals surface area (Å²) >= 11 is 0. The Kier molecular flexibility index (Phi) is 6.85. The van der Waals surface area contributed by atoms with Gasteiger partial charge in [-0.05, 0) is 55.0 Å². The Morgan fingerprint density at radius 1 is 1.11 bits per heavy atom. The summed E-state index contributed by atoms with van der Waals surface area (Å²) in [5.74, 6) is -0.587. The maximum atomic E-state index is 13.7. The molecule has 4 rings (SSSR count). The maximum absolute atomic E-state index is 13.7. The van der Waals surface area contributed by atoms with Crippen LogP contribution >= 0.6 is 0 Å². The van der Waals surface area contributed by atoms with Crippen molar-refractivity contribution in [2.45, 2.75) is 22.7 Å². The Bertz CT molecular complexity index is 1530. The molecule has 182 valence electrons. The normalized spacial score (nSPS) is 12.4. The van der Waals surface area contributed by atoms with Crippen molar-refractivity contribution in [2.75, 3.05) is 13.7 Å². The molecule has 1 N–H and O–H groups in total. The number of hydrogen-bond acceptors (Lipinski definition) is 8. The van der Waals surface area contributed by atoms with Gasteiger partial charge in [-0.2, -0.15) is 0 Å². The first kappa shape index (κ1) is 24.4. The van der Waals surface area contributed by atoms with E-state index in [4.69, 9.17) is 14.6 Å². The third-order valence-corrected chi connectivity index (χ3v) is 8.12. The largest absolute Gasteiger partial charge is 0.495 e. The number of aryl methyl sites for hydroxylation is 1. The van der Waals surface area contributed by atoms with Crippen molar-refractivity contribution in [2.24, 2.45) is 0 Å². The van der Waals surface area contributed by atoms with E-state index in [2.05, 4.69) is 9.97 Å². The molecular weight excluding hydrogens is 494 g/mol. The van der Waals surface area contributed by atoms with E-state index in [1.165, 1.54) is 31.4 Å². The number of carbonyl (C=O) groups is 1. The second-order valence-corrected chi connectivity index (χ2v) is 10.5. The summed E-state index contributed by atoms with van der Waals surface area (Å²) in [6.45, 7) is 1.27. The number of methoxy groups -OCH3 is 1. The zero-order chi connectivity index (χ0) is 25.2. The predicted octanol–water partition coefficient (Wildman–Crippen LogP) is 2.76. The van der Waals surface area contributed by atoms with Crippen molar-refractivity contribution >= 4 is 37.8 Å². The number of nitrogens with zero attached hydrogens (tertiary/aromatic N) is 3. The van der Waals surface area contributed by atoms with Crippen LogP contribution in [-0.2, 0) is 31.4 Å². The molecule has 2 aromatic carbocycles. The van der Waals surface area contributed by atoms with Gasteiger partial charge in [0, 0.05) is 6.20 Å². The minimum absolute atomic E-state index is 0.104. The summed E-state index contributed by atoms with van der Waals surface area (Å²) in [6.07, 6.45) is 1.57. The van der Waals surface area contributed by atoms with Crippen LogP contribution in [0.1, 0.15) is 11.3 Å². The van der Waals surface area contributed by atoms with Gasteiger partial charge >= 0.3 is 5.97 Å². The van der Waals surface area contributed by atoms with Crippen LogP contribution in [0.2, 0.25) is 0 Å². The average Bonchev–Trinajstić information content (AvgIpc) is 3.24. The summed E-state index contributed by atoms with van der Waals surface area (Å²) in [5.41, 5.74) is 1.86. The van der Waals surface area contributed by atoms with E-state index in [1.54, 1.807) is 36.5 Å². The number of carboxylic acids is 1. The molecule has 2 aromatic heterocycles. The summed E-state index contributed by atoms with van der Waals surface area (Å²) in [4.78, 5) is 19.2. The molecule has 0 aliphatic heterocycles. The number of ether oxygens (including phenoxy) is 2. The Morgan fingerprint density at radius 2 is 1.83 bits per heavy atom. The minimum Gasteiger partial charge on any atom is -0.495 e. The molecule has 35 heavy (non-hydrogen) atoms. The number of para-hydroxylation sites is 2. The average molecular weight is 516 g/mol. The van der Waals surface area contributed by atoms with Gasteiger partial charge in [0.25, 0.3) is 10.0 Å². The first-order chi connectivity index (χ1) is 16.7. The third-order valence-electron chi connectivity index (χ3n) is 5.07. The molecule has 4 aromatic rings. The lowest BCUT2D eigenvalue weighted by Gasteiger charge is -2.12. The molecule has 0 aliphatic carbocycles. The number of benzene rings is 2. The van der Waals surface area contributed by atoms with Gasteiger partial charge in [0.05, 0.1) is 45.3 Å². The number of rotatable bonds is 9. The highest BCUT2D eigenvalue weighted by atomic mass is 32.2. The predicted molar refractivity (Wildman–Crippen MR) is 128 cm³/mol. The standard InChI is InChI=1S/C23H21N3O7S2/c1-15-11-12-24-19(22(15)32-2)14-34(29)23-25-18-5-3-4-6-20(18)26(23)35(30,31)17-9-7-16(8-10-17)33-13-21(27)28/h3-12H,13-14H2,1-2H3,(H,27,28). The van der Waals surface area contributed by atoms with Gasteiger partial charge < -0.3 is 14.6 Å². The quantitative estimate of drug-likeness (QED) is 0.357. The lowest BCUT2D eigenvalue weighted by Crippen LogP contribution is -2.18. The summed E-state index contributed by atoms with van der Waals surface area (Å²) in [6, 6.07) is 13.6. The van der Waals surface area contributed by atoms with Gasteiger partial charge in [-0.15, -0.1) is 0 Å². The fourth-order valence-electron chi connectivity index (χ4n) is 3.49. The number of hydrogen-bond donors (Lipinski definition) is 1. The zero-order valence-corrected chi connectivity index (χ0v) is 20.4. The molecule has 1 unspecified atom stereocenters. The van der Waals surface area contributed by atoms with Crippen LogP contribution in [-0.4, -0.2) is 51.4 Å². The number of pyridine rings is 1. The summed E-state index contributed by atoms with van der Waals surface area (Å²) in [7, 11) is -4.63. The maximum Gasteiger partial charge on any atom is 0.341 e. The van der Waals surface area contributed by atoms with Crippen molar-refractivity contribution in [1.29, 1.82) is 0 Å². The molecule has 1 atom stereocenters. The molecule has 0 saturated carbocycles. The van der Waals surface area contributed by atoms with E-state index in [9.17, 15) is 17.4 Å². The first-order valence-corrected chi connectivity index (χ1v) is 13.0. The molecule has 12 heteroatoms. The second kappa shape index (κ2) is 9.84. The number of carboxylic acid groups (broad SMARTS) is 1. The Labute approximate surface area is 203 Å². The molecule has 0 saturated heterocycles. The smallest absolute Gasteiger partial charge is 0.341 e. The molecule has 0 bridgehead atoms. The van der Waals surface area contributed by atoms with Gasteiger partial charge in [0.15, 0.2) is 6.61 Å². The highest BCUT2D eigenvalue weighted by Crippen LogP contribution is 2.29. The fourth-order valence-corrected chi connectivity index (χ4v) is 6.45. The van der Waals surface area contributed by atoms with Gasteiger partial charge in [-0.25, -0.2) is 22.2 Å². The van der Waals surface area contributed by atoms with Crippen LogP contribution in [0.15, 0.2) is 70.8 Å². The Balaban J connectivity index is 1.77. The van der Waals surface area contributed by atoms with Crippen molar-refractivity contribution < 1.29 is 32.0 Å². The van der Waals surface area contributed by atoms with Crippen LogP contribution in [0.4, 0.5) is 0 Å². The van der Waals surface area contributed by atoms with E-state index >= 15 is 0 Å². The third kappa shape index (κ3) is 4.88. The SMILES string of the molecule is COc1c(C)ccnc1CS(=O)c1nc2ccccc2n1S(=O)(=O)c1ccc(OCC(=O)O)cc1. The topological polar surface area (TPSA) is 138 Å². The van der Waals surface area contributed by atoms with Crippen LogP contribution in [0.25, 0.3) is 11.0 Å². The molecule has 0 radical (unpaired) electrons. The van der Waals surface area contributed by atoms with Crippen LogP contribution in [0.3, 0.4) is 0 Å². The van der Waals surface area contributed by atoms with Crippen molar-refractivity contribution in [3.63, 3.8) is 0 Å². The highest BCUT2D eigenvalue weighted by Gasteiger charge is 2.28. The van der Waals surface area contributed by atoms with Gasteiger partial charge in [0.2, 0.25) is 5.16 Å². The molecular formula is C23H21N3O7S2. The zero-order valence-electron chi connectivity index (χ0n) is 18.7. The van der Waals surface area contributed by atoms with Crippen LogP contribution < -0.4 is 9.47 Å². The number of aromatic nitrogens is 3. The van der Waals surface area contributed by atoms with Crippen molar-refractivity contribution in [3.05, 3.63) is 72.1 Å². The lowest BCUT2D eigenvalue weighted by molar-refractivity contribution is -0.139. The molecule has 0 amide bonds. The number of fused-ring (bicyclic) bond motifs is 1. The monoisotopic (exact) mass is 515 g/mol. The minimum atomic E-state index is -4.22. The molecule has 0 aliphatic rings. The van der Waals surface area contributed by atoms with Crippen LogP contribution in [0, 0.1) is 6.92 Å². The fraction of sp³-hybridized carbons (Fsp3) is 0.174. The van der Waals surface area contributed by atoms with E-state index in [-0.39, 0.29) is 27.1 Å². The molecule has 0 fully saturated rings. The summed E-state index contributed by atoms with van der Waals surface area (Å²) in [5, 5.41) is 8.60. The summed E-state index contributed by atoms with van der Waals surface area (Å²) < 4.78 is 52.2. The molecule has 0 spiro atoms. The molecule has 10 nitrogen and oxygen atoms in total. The van der Waals surface area contributed by atoms with Crippen molar-refractivity contribution in [3.8, 4) is 11.5 Å².